The predicted molar refractivity (Wildman–Crippen MR) is 108 cm³/mol. The summed E-state index contributed by atoms with van der Waals surface area (Å²) in [6.07, 6.45) is 1.57. The lowest BCUT2D eigenvalue weighted by atomic mass is 10.1. The van der Waals surface area contributed by atoms with Gasteiger partial charge >= 0.3 is 0 Å². The van der Waals surface area contributed by atoms with Crippen molar-refractivity contribution in [1.29, 1.82) is 0 Å². The average molecular weight is 379 g/mol. The van der Waals surface area contributed by atoms with Crippen LogP contribution >= 0.6 is 11.6 Å². The van der Waals surface area contributed by atoms with Gasteiger partial charge in [0.2, 0.25) is 0 Å². The van der Waals surface area contributed by atoms with E-state index in [0.717, 1.165) is 16.7 Å². The lowest BCUT2D eigenvalue weighted by Crippen LogP contribution is -2.18. The molecule has 27 heavy (non-hydrogen) atoms. The molecule has 3 aromatic rings. The standard InChI is InChI=1S/C22H19ClN2O2/c1-16-8-2-5-11-19(16)22(26)25-24-14-17-9-4-7-13-21(17)27-15-18-10-3-6-12-20(18)23/h2-14H,15H2,1H3,(H,25,26). The van der Waals surface area contributed by atoms with Crippen LogP contribution < -0.4 is 10.2 Å². The molecular weight excluding hydrogens is 360 g/mol. The highest BCUT2D eigenvalue weighted by atomic mass is 35.5. The summed E-state index contributed by atoms with van der Waals surface area (Å²) in [4.78, 5) is 12.2. The number of para-hydroxylation sites is 1. The van der Waals surface area contributed by atoms with Gasteiger partial charge in [0.05, 0.1) is 6.21 Å². The highest BCUT2D eigenvalue weighted by Gasteiger charge is 2.07. The number of nitrogens with one attached hydrogen (secondary N) is 1. The van der Waals surface area contributed by atoms with Crippen LogP contribution in [0.4, 0.5) is 0 Å². The number of rotatable bonds is 6. The number of hydrazone groups is 1. The molecule has 0 atom stereocenters. The van der Waals surface area contributed by atoms with Crippen LogP contribution in [0.2, 0.25) is 5.02 Å². The Morgan fingerprint density at radius 2 is 1.74 bits per heavy atom. The molecule has 0 unspecified atom stereocenters. The minimum absolute atomic E-state index is 0.251. The summed E-state index contributed by atoms with van der Waals surface area (Å²) < 4.78 is 5.88. The lowest BCUT2D eigenvalue weighted by molar-refractivity contribution is 0.0954. The summed E-state index contributed by atoms with van der Waals surface area (Å²) in [6.45, 7) is 2.23. The van der Waals surface area contributed by atoms with Crippen molar-refractivity contribution in [3.63, 3.8) is 0 Å². The molecule has 1 N–H and O–H groups in total. The number of halogens is 1. The zero-order valence-electron chi connectivity index (χ0n) is 14.9. The minimum Gasteiger partial charge on any atom is -0.488 e. The average Bonchev–Trinajstić information content (AvgIpc) is 2.68. The molecule has 4 nitrogen and oxygen atoms in total. The van der Waals surface area contributed by atoms with Crippen molar-refractivity contribution in [2.75, 3.05) is 0 Å². The van der Waals surface area contributed by atoms with Crippen molar-refractivity contribution < 1.29 is 9.53 Å². The topological polar surface area (TPSA) is 50.7 Å². The van der Waals surface area contributed by atoms with E-state index in [0.29, 0.717) is 22.9 Å². The Balaban J connectivity index is 1.67. The first-order valence-electron chi connectivity index (χ1n) is 8.49. The van der Waals surface area contributed by atoms with Crippen LogP contribution in [0.25, 0.3) is 0 Å². The van der Waals surface area contributed by atoms with Gasteiger partial charge < -0.3 is 4.74 Å². The van der Waals surface area contributed by atoms with Gasteiger partial charge in [0.1, 0.15) is 12.4 Å². The first-order valence-corrected chi connectivity index (χ1v) is 8.87. The van der Waals surface area contributed by atoms with Crippen LogP contribution in [-0.4, -0.2) is 12.1 Å². The van der Waals surface area contributed by atoms with Crippen LogP contribution in [0, 0.1) is 6.92 Å². The zero-order valence-corrected chi connectivity index (χ0v) is 15.6. The van der Waals surface area contributed by atoms with Gasteiger partial charge in [-0.1, -0.05) is 60.1 Å². The number of carbonyl (C=O) groups is 1. The van der Waals surface area contributed by atoms with Crippen molar-refractivity contribution in [3.05, 3.63) is 100 Å². The van der Waals surface area contributed by atoms with E-state index in [1.165, 1.54) is 0 Å². The third kappa shape index (κ3) is 4.96. The number of hydrogen-bond acceptors (Lipinski definition) is 3. The van der Waals surface area contributed by atoms with E-state index in [2.05, 4.69) is 10.5 Å². The van der Waals surface area contributed by atoms with E-state index < -0.39 is 0 Å². The maximum absolute atomic E-state index is 12.2. The van der Waals surface area contributed by atoms with Crippen molar-refractivity contribution in [3.8, 4) is 5.75 Å². The number of aryl methyl sites for hydroxylation is 1. The molecule has 0 spiro atoms. The molecule has 0 fully saturated rings. The number of amides is 1. The maximum Gasteiger partial charge on any atom is 0.271 e. The van der Waals surface area contributed by atoms with Gasteiger partial charge in [-0.15, -0.1) is 0 Å². The lowest BCUT2D eigenvalue weighted by Gasteiger charge is -2.10. The van der Waals surface area contributed by atoms with Crippen molar-refractivity contribution in [2.45, 2.75) is 13.5 Å². The van der Waals surface area contributed by atoms with Crippen LogP contribution in [0.3, 0.4) is 0 Å². The van der Waals surface area contributed by atoms with E-state index in [1.807, 2.05) is 73.7 Å². The molecule has 0 aromatic heterocycles. The first-order chi connectivity index (χ1) is 13.1. The highest BCUT2D eigenvalue weighted by Crippen LogP contribution is 2.21. The smallest absolute Gasteiger partial charge is 0.271 e. The molecule has 0 heterocycles. The first kappa shape index (κ1) is 18.7. The van der Waals surface area contributed by atoms with E-state index >= 15 is 0 Å². The SMILES string of the molecule is Cc1ccccc1C(=O)NN=Cc1ccccc1OCc1ccccc1Cl. The highest BCUT2D eigenvalue weighted by molar-refractivity contribution is 6.31. The van der Waals surface area contributed by atoms with Crippen molar-refractivity contribution in [2.24, 2.45) is 5.10 Å². The number of carbonyl (C=O) groups excluding carboxylic acids is 1. The van der Waals surface area contributed by atoms with E-state index in [-0.39, 0.29) is 5.91 Å². The molecule has 0 aliphatic rings. The van der Waals surface area contributed by atoms with Crippen LogP contribution in [-0.2, 0) is 6.61 Å². The van der Waals surface area contributed by atoms with Crippen LogP contribution in [0.15, 0.2) is 77.9 Å². The number of benzene rings is 3. The molecule has 0 radical (unpaired) electrons. The molecule has 0 aliphatic carbocycles. The molecule has 136 valence electrons. The summed E-state index contributed by atoms with van der Waals surface area (Å²) >= 11 is 6.17. The van der Waals surface area contributed by atoms with Gasteiger partial charge in [0, 0.05) is 21.7 Å². The Hall–Kier alpha value is -3.11. The third-order valence-electron chi connectivity index (χ3n) is 4.02. The number of nitrogens with zero attached hydrogens (tertiary/aromatic N) is 1. The summed E-state index contributed by atoms with van der Waals surface area (Å²) in [6, 6.07) is 22.4. The minimum atomic E-state index is -0.251. The largest absolute Gasteiger partial charge is 0.488 e. The fourth-order valence-electron chi connectivity index (χ4n) is 2.54. The van der Waals surface area contributed by atoms with Crippen LogP contribution in [0.5, 0.6) is 5.75 Å². The van der Waals surface area contributed by atoms with Gasteiger partial charge in [-0.05, 0) is 36.8 Å². The normalized spacial score (nSPS) is 10.7. The van der Waals surface area contributed by atoms with Crippen molar-refractivity contribution >= 4 is 23.7 Å². The number of ether oxygens (including phenoxy) is 1. The molecule has 3 aromatic carbocycles. The molecule has 5 heteroatoms. The predicted octanol–water partition coefficient (Wildman–Crippen LogP) is 4.99. The summed E-state index contributed by atoms with van der Waals surface area (Å²) in [5, 5.41) is 4.72. The maximum atomic E-state index is 12.2. The second-order valence-corrected chi connectivity index (χ2v) is 6.34. The quantitative estimate of drug-likeness (QED) is 0.485. The Morgan fingerprint density at radius 1 is 1.04 bits per heavy atom. The van der Waals surface area contributed by atoms with Gasteiger partial charge in [0.25, 0.3) is 5.91 Å². The Labute approximate surface area is 163 Å². The van der Waals surface area contributed by atoms with Crippen LogP contribution in [0.1, 0.15) is 27.0 Å². The fourth-order valence-corrected chi connectivity index (χ4v) is 2.73. The summed E-state index contributed by atoms with van der Waals surface area (Å²) in [5.41, 5.74) is 5.70. The summed E-state index contributed by atoms with van der Waals surface area (Å²) in [7, 11) is 0. The third-order valence-corrected chi connectivity index (χ3v) is 4.39. The van der Waals surface area contributed by atoms with E-state index in [4.69, 9.17) is 16.3 Å². The molecule has 0 saturated heterocycles. The van der Waals surface area contributed by atoms with Gasteiger partial charge in [-0.2, -0.15) is 5.10 Å². The van der Waals surface area contributed by atoms with E-state index in [1.54, 1.807) is 12.3 Å². The summed E-state index contributed by atoms with van der Waals surface area (Å²) in [5.74, 6) is 0.408. The zero-order chi connectivity index (χ0) is 19.1. The fraction of sp³-hybridized carbons (Fsp3) is 0.0909. The van der Waals surface area contributed by atoms with E-state index in [9.17, 15) is 4.79 Å². The number of hydrogen-bond donors (Lipinski definition) is 1. The molecule has 0 aliphatic heterocycles. The molecule has 0 saturated carbocycles. The second kappa shape index (κ2) is 9.01. The van der Waals surface area contributed by atoms with Gasteiger partial charge in [-0.25, -0.2) is 5.43 Å². The Bertz CT molecular complexity index is 970. The Morgan fingerprint density at radius 3 is 2.56 bits per heavy atom. The Kier molecular flexibility index (Phi) is 6.23. The van der Waals surface area contributed by atoms with Gasteiger partial charge in [0.15, 0.2) is 0 Å². The molecule has 1 amide bonds. The van der Waals surface area contributed by atoms with Crippen molar-refractivity contribution in [1.82, 2.24) is 5.43 Å². The molecular formula is C22H19ClN2O2. The monoisotopic (exact) mass is 378 g/mol. The molecule has 3 rings (SSSR count). The second-order valence-electron chi connectivity index (χ2n) is 5.93. The molecule has 0 bridgehead atoms. The van der Waals surface area contributed by atoms with Gasteiger partial charge in [-0.3, -0.25) is 4.79 Å².